The summed E-state index contributed by atoms with van der Waals surface area (Å²) in [6.07, 6.45) is 0. The molecular formula is C20H21N3OS. The molecule has 0 spiro atoms. The quantitative estimate of drug-likeness (QED) is 0.830. The number of benzene rings is 2. The third-order valence-electron chi connectivity index (χ3n) is 4.33. The minimum Gasteiger partial charge on any atom is -0.368 e. The summed E-state index contributed by atoms with van der Waals surface area (Å²) in [7, 11) is 0. The van der Waals surface area contributed by atoms with Crippen molar-refractivity contribution >= 4 is 23.4 Å². The number of anilines is 1. The fourth-order valence-corrected chi connectivity index (χ4v) is 3.76. The van der Waals surface area contributed by atoms with Crippen LogP contribution in [-0.2, 0) is 10.5 Å². The number of carbonyl (C=O) groups is 1. The second kappa shape index (κ2) is 8.59. The third kappa shape index (κ3) is 4.77. The summed E-state index contributed by atoms with van der Waals surface area (Å²) < 4.78 is 0. The van der Waals surface area contributed by atoms with Crippen molar-refractivity contribution in [2.45, 2.75) is 5.75 Å². The van der Waals surface area contributed by atoms with Gasteiger partial charge in [-0.2, -0.15) is 5.26 Å². The van der Waals surface area contributed by atoms with Crippen LogP contribution in [0.15, 0.2) is 54.6 Å². The van der Waals surface area contributed by atoms with Gasteiger partial charge in [-0.1, -0.05) is 30.3 Å². The summed E-state index contributed by atoms with van der Waals surface area (Å²) in [5.74, 6) is 1.51. The first kappa shape index (κ1) is 17.4. The number of piperazine rings is 1. The largest absolute Gasteiger partial charge is 0.368 e. The van der Waals surface area contributed by atoms with Gasteiger partial charge in [-0.3, -0.25) is 4.79 Å². The zero-order chi connectivity index (χ0) is 17.5. The maximum absolute atomic E-state index is 12.4. The Morgan fingerprint density at radius 2 is 1.68 bits per heavy atom. The zero-order valence-electron chi connectivity index (χ0n) is 14.1. The topological polar surface area (TPSA) is 47.3 Å². The van der Waals surface area contributed by atoms with Crippen LogP contribution in [0.25, 0.3) is 0 Å². The number of nitrogens with zero attached hydrogens (tertiary/aromatic N) is 3. The molecule has 25 heavy (non-hydrogen) atoms. The highest BCUT2D eigenvalue weighted by Gasteiger charge is 2.20. The molecule has 128 valence electrons. The van der Waals surface area contributed by atoms with Gasteiger partial charge in [-0.15, -0.1) is 11.8 Å². The minimum absolute atomic E-state index is 0.214. The predicted molar refractivity (Wildman–Crippen MR) is 103 cm³/mol. The van der Waals surface area contributed by atoms with E-state index >= 15 is 0 Å². The Morgan fingerprint density at radius 1 is 1.00 bits per heavy atom. The van der Waals surface area contributed by atoms with Gasteiger partial charge in [-0.25, -0.2) is 0 Å². The van der Waals surface area contributed by atoms with Crippen molar-refractivity contribution in [1.82, 2.24) is 4.90 Å². The Kier molecular flexibility index (Phi) is 5.97. The maximum Gasteiger partial charge on any atom is 0.232 e. The monoisotopic (exact) mass is 351 g/mol. The van der Waals surface area contributed by atoms with Crippen LogP contribution in [0.1, 0.15) is 11.1 Å². The molecule has 2 aromatic rings. The Balaban J connectivity index is 1.41. The van der Waals surface area contributed by atoms with E-state index < -0.39 is 0 Å². The molecule has 0 aromatic heterocycles. The van der Waals surface area contributed by atoms with Crippen LogP contribution in [-0.4, -0.2) is 42.7 Å². The molecule has 1 aliphatic rings. The van der Waals surface area contributed by atoms with Crippen LogP contribution in [0.3, 0.4) is 0 Å². The molecule has 0 unspecified atom stereocenters. The molecule has 3 rings (SSSR count). The van der Waals surface area contributed by atoms with Gasteiger partial charge in [-0.05, 0) is 29.8 Å². The first-order valence-corrected chi connectivity index (χ1v) is 9.56. The van der Waals surface area contributed by atoms with Crippen LogP contribution in [0.5, 0.6) is 0 Å². The number of nitriles is 1. The number of para-hydroxylation sites is 1. The number of rotatable bonds is 5. The summed E-state index contributed by atoms with van der Waals surface area (Å²) in [6.45, 7) is 3.34. The molecule has 2 aromatic carbocycles. The van der Waals surface area contributed by atoms with Gasteiger partial charge in [0, 0.05) is 37.6 Å². The Bertz CT molecular complexity index is 732. The predicted octanol–water partition coefficient (Wildman–Crippen LogP) is 3.14. The minimum atomic E-state index is 0.214. The van der Waals surface area contributed by atoms with Crippen LogP contribution >= 0.6 is 11.8 Å². The van der Waals surface area contributed by atoms with Crippen molar-refractivity contribution in [3.05, 3.63) is 65.7 Å². The van der Waals surface area contributed by atoms with Crippen LogP contribution in [0.4, 0.5) is 5.69 Å². The standard InChI is InChI=1S/C20H21N3OS/c21-14-17-6-8-18(9-7-17)15-25-16-20(24)23-12-10-22(11-13-23)19-4-2-1-3-5-19/h1-9H,10-13,15-16H2. The third-order valence-corrected chi connectivity index (χ3v) is 5.32. The molecule has 0 saturated carbocycles. The molecule has 1 amide bonds. The molecule has 0 atom stereocenters. The fraction of sp³-hybridized carbons (Fsp3) is 0.300. The Morgan fingerprint density at radius 3 is 2.32 bits per heavy atom. The average molecular weight is 351 g/mol. The van der Waals surface area contributed by atoms with E-state index in [9.17, 15) is 4.79 Å². The number of carbonyl (C=O) groups excluding carboxylic acids is 1. The molecule has 1 heterocycles. The van der Waals surface area contributed by atoms with E-state index in [2.05, 4.69) is 23.1 Å². The Hall–Kier alpha value is -2.45. The normalized spacial score (nSPS) is 14.2. The Labute approximate surface area is 153 Å². The van der Waals surface area contributed by atoms with Crippen LogP contribution in [0, 0.1) is 11.3 Å². The molecule has 1 saturated heterocycles. The second-order valence-corrected chi connectivity index (χ2v) is 6.99. The molecule has 4 nitrogen and oxygen atoms in total. The van der Waals surface area contributed by atoms with Crippen molar-refractivity contribution in [2.24, 2.45) is 0 Å². The number of hydrogen-bond donors (Lipinski definition) is 0. The summed E-state index contributed by atoms with van der Waals surface area (Å²) >= 11 is 1.63. The first-order chi connectivity index (χ1) is 12.3. The lowest BCUT2D eigenvalue weighted by molar-refractivity contribution is -0.128. The smallest absolute Gasteiger partial charge is 0.232 e. The van der Waals surface area contributed by atoms with Crippen molar-refractivity contribution < 1.29 is 4.79 Å². The molecule has 5 heteroatoms. The van der Waals surface area contributed by atoms with E-state index in [0.717, 1.165) is 37.5 Å². The SMILES string of the molecule is N#Cc1ccc(CSCC(=O)N2CCN(c3ccccc3)CC2)cc1. The van der Waals surface area contributed by atoms with E-state index in [1.165, 1.54) is 5.69 Å². The molecule has 0 aliphatic carbocycles. The number of amides is 1. The van der Waals surface area contributed by atoms with E-state index in [0.29, 0.717) is 11.3 Å². The van der Waals surface area contributed by atoms with Gasteiger partial charge >= 0.3 is 0 Å². The fourth-order valence-electron chi connectivity index (χ4n) is 2.88. The average Bonchev–Trinajstić information content (AvgIpc) is 2.69. The van der Waals surface area contributed by atoms with Gasteiger partial charge in [0.15, 0.2) is 0 Å². The summed E-state index contributed by atoms with van der Waals surface area (Å²) in [4.78, 5) is 16.7. The molecule has 0 radical (unpaired) electrons. The highest BCUT2D eigenvalue weighted by molar-refractivity contribution is 7.99. The van der Waals surface area contributed by atoms with E-state index in [1.807, 2.05) is 47.4 Å². The summed E-state index contributed by atoms with van der Waals surface area (Å²) in [6, 6.07) is 20.0. The van der Waals surface area contributed by atoms with Gasteiger partial charge in [0.2, 0.25) is 5.91 Å². The summed E-state index contributed by atoms with van der Waals surface area (Å²) in [5.41, 5.74) is 3.04. The van der Waals surface area contributed by atoms with E-state index in [4.69, 9.17) is 5.26 Å². The maximum atomic E-state index is 12.4. The van der Waals surface area contributed by atoms with E-state index in [1.54, 1.807) is 11.8 Å². The highest BCUT2D eigenvalue weighted by atomic mass is 32.2. The number of thioether (sulfide) groups is 1. The van der Waals surface area contributed by atoms with Gasteiger partial charge in [0.05, 0.1) is 17.4 Å². The molecule has 0 bridgehead atoms. The van der Waals surface area contributed by atoms with Gasteiger partial charge in [0.25, 0.3) is 0 Å². The first-order valence-electron chi connectivity index (χ1n) is 8.41. The van der Waals surface area contributed by atoms with Crippen LogP contribution in [0.2, 0.25) is 0 Å². The molecule has 1 fully saturated rings. The van der Waals surface area contributed by atoms with E-state index in [-0.39, 0.29) is 5.91 Å². The second-order valence-electron chi connectivity index (χ2n) is 6.00. The molecular weight excluding hydrogens is 330 g/mol. The highest BCUT2D eigenvalue weighted by Crippen LogP contribution is 2.17. The molecule has 1 aliphatic heterocycles. The van der Waals surface area contributed by atoms with Gasteiger partial charge < -0.3 is 9.80 Å². The van der Waals surface area contributed by atoms with Crippen LogP contribution < -0.4 is 4.90 Å². The van der Waals surface area contributed by atoms with Crippen molar-refractivity contribution in [1.29, 1.82) is 5.26 Å². The summed E-state index contributed by atoms with van der Waals surface area (Å²) in [5, 5.41) is 8.80. The zero-order valence-corrected chi connectivity index (χ0v) is 14.9. The van der Waals surface area contributed by atoms with Gasteiger partial charge in [0.1, 0.15) is 0 Å². The van der Waals surface area contributed by atoms with Crippen molar-refractivity contribution in [3.8, 4) is 6.07 Å². The molecule has 0 N–H and O–H groups in total. The lowest BCUT2D eigenvalue weighted by atomic mass is 10.2. The lowest BCUT2D eigenvalue weighted by Crippen LogP contribution is -2.49. The lowest BCUT2D eigenvalue weighted by Gasteiger charge is -2.36. The van der Waals surface area contributed by atoms with Crippen molar-refractivity contribution in [3.63, 3.8) is 0 Å². The van der Waals surface area contributed by atoms with Crippen molar-refractivity contribution in [2.75, 3.05) is 36.8 Å². The number of hydrogen-bond acceptors (Lipinski definition) is 4.